The molecule has 2 aromatic heterocycles. The number of hydrogen-bond acceptors (Lipinski definition) is 3. The van der Waals surface area contributed by atoms with Crippen molar-refractivity contribution in [3.63, 3.8) is 0 Å². The van der Waals surface area contributed by atoms with Crippen LogP contribution in [-0.4, -0.2) is 15.5 Å². The number of carbonyl (C=O) groups excluding carboxylic acids is 1. The average Bonchev–Trinajstić information content (AvgIpc) is 3.08. The number of halogens is 1. The number of aromatic nitrogens is 2. The van der Waals surface area contributed by atoms with Gasteiger partial charge in [-0.3, -0.25) is 9.36 Å². The topological polar surface area (TPSA) is 48.0 Å². The van der Waals surface area contributed by atoms with Crippen LogP contribution in [0.15, 0.2) is 47.0 Å². The standard InChI is InChI=1S/C19H17FN2O2/c1-12-10-15(14(3)22(12)19-11-13(2)24-21-19)8-9-18(23)16-6-4-5-7-17(16)20/h4-11H,1-3H3/b9-8+. The Morgan fingerprint density at radius 2 is 1.96 bits per heavy atom. The Balaban J connectivity index is 1.91. The first-order valence-electron chi connectivity index (χ1n) is 7.57. The molecule has 0 N–H and O–H groups in total. The summed E-state index contributed by atoms with van der Waals surface area (Å²) in [6, 6.07) is 9.75. The van der Waals surface area contributed by atoms with E-state index in [0.717, 1.165) is 22.7 Å². The molecule has 2 heterocycles. The molecule has 1 aromatic carbocycles. The Hall–Kier alpha value is -2.95. The highest BCUT2D eigenvalue weighted by molar-refractivity contribution is 6.07. The molecule has 0 bridgehead atoms. The summed E-state index contributed by atoms with van der Waals surface area (Å²) >= 11 is 0. The fourth-order valence-electron chi connectivity index (χ4n) is 2.68. The third-order valence-corrected chi connectivity index (χ3v) is 3.87. The Bertz CT molecular complexity index is 935. The highest BCUT2D eigenvalue weighted by Crippen LogP contribution is 2.22. The predicted octanol–water partition coefficient (Wildman–Crippen LogP) is 4.43. The van der Waals surface area contributed by atoms with E-state index in [-0.39, 0.29) is 11.3 Å². The van der Waals surface area contributed by atoms with E-state index in [9.17, 15) is 9.18 Å². The lowest BCUT2D eigenvalue weighted by molar-refractivity contribution is 0.104. The summed E-state index contributed by atoms with van der Waals surface area (Å²) in [5.74, 6) is 0.540. The van der Waals surface area contributed by atoms with Gasteiger partial charge in [-0.05, 0) is 56.7 Å². The van der Waals surface area contributed by atoms with Crippen LogP contribution in [0.2, 0.25) is 0 Å². The third kappa shape index (κ3) is 2.93. The number of aryl methyl sites for hydroxylation is 2. The lowest BCUT2D eigenvalue weighted by Gasteiger charge is -2.03. The fraction of sp³-hybridized carbons (Fsp3) is 0.158. The zero-order chi connectivity index (χ0) is 17.3. The third-order valence-electron chi connectivity index (χ3n) is 3.87. The molecule has 0 fully saturated rings. The maximum absolute atomic E-state index is 13.7. The summed E-state index contributed by atoms with van der Waals surface area (Å²) in [6.45, 7) is 5.72. The summed E-state index contributed by atoms with van der Waals surface area (Å²) in [5.41, 5.74) is 2.84. The second-order valence-corrected chi connectivity index (χ2v) is 5.64. The Kier molecular flexibility index (Phi) is 4.16. The summed E-state index contributed by atoms with van der Waals surface area (Å²) in [7, 11) is 0. The van der Waals surface area contributed by atoms with E-state index in [1.807, 2.05) is 37.5 Å². The Morgan fingerprint density at radius 1 is 1.21 bits per heavy atom. The fourth-order valence-corrected chi connectivity index (χ4v) is 2.68. The van der Waals surface area contributed by atoms with Crippen molar-refractivity contribution >= 4 is 11.9 Å². The van der Waals surface area contributed by atoms with E-state index in [4.69, 9.17) is 4.52 Å². The summed E-state index contributed by atoms with van der Waals surface area (Å²) < 4.78 is 20.7. The van der Waals surface area contributed by atoms with Gasteiger partial charge in [0.05, 0.1) is 5.56 Å². The van der Waals surface area contributed by atoms with Crippen molar-refractivity contribution in [1.29, 1.82) is 0 Å². The molecule has 0 unspecified atom stereocenters. The van der Waals surface area contributed by atoms with Crippen molar-refractivity contribution in [3.05, 3.63) is 76.6 Å². The number of rotatable bonds is 4. The number of allylic oxidation sites excluding steroid dienone is 1. The molecule has 5 heteroatoms. The van der Waals surface area contributed by atoms with Crippen molar-refractivity contribution in [2.75, 3.05) is 0 Å². The minimum Gasteiger partial charge on any atom is -0.360 e. The zero-order valence-electron chi connectivity index (χ0n) is 13.7. The van der Waals surface area contributed by atoms with Gasteiger partial charge in [-0.2, -0.15) is 0 Å². The van der Waals surface area contributed by atoms with Crippen LogP contribution >= 0.6 is 0 Å². The monoisotopic (exact) mass is 324 g/mol. The van der Waals surface area contributed by atoms with E-state index in [2.05, 4.69) is 5.16 Å². The van der Waals surface area contributed by atoms with Crippen LogP contribution in [0.5, 0.6) is 0 Å². The van der Waals surface area contributed by atoms with Crippen molar-refractivity contribution in [2.24, 2.45) is 0 Å². The predicted molar refractivity (Wildman–Crippen MR) is 89.8 cm³/mol. The summed E-state index contributed by atoms with van der Waals surface area (Å²) in [6.07, 6.45) is 3.08. The SMILES string of the molecule is Cc1cc(-n2c(C)cc(/C=C/C(=O)c3ccccc3F)c2C)no1. The Labute approximate surface area is 139 Å². The summed E-state index contributed by atoms with van der Waals surface area (Å²) in [5, 5.41) is 4.02. The molecular formula is C19H17FN2O2. The maximum atomic E-state index is 13.7. The molecule has 3 aromatic rings. The van der Waals surface area contributed by atoms with E-state index in [1.165, 1.54) is 18.2 Å². The van der Waals surface area contributed by atoms with Gasteiger partial charge in [-0.25, -0.2) is 4.39 Å². The van der Waals surface area contributed by atoms with Gasteiger partial charge in [0.15, 0.2) is 11.6 Å². The van der Waals surface area contributed by atoms with Crippen molar-refractivity contribution in [1.82, 2.24) is 9.72 Å². The van der Waals surface area contributed by atoms with Gasteiger partial charge in [0.2, 0.25) is 0 Å². The normalized spacial score (nSPS) is 11.3. The lowest BCUT2D eigenvalue weighted by Crippen LogP contribution is -1.99. The lowest BCUT2D eigenvalue weighted by atomic mass is 10.1. The molecule has 0 radical (unpaired) electrons. The highest BCUT2D eigenvalue weighted by atomic mass is 19.1. The van der Waals surface area contributed by atoms with Crippen LogP contribution in [0.3, 0.4) is 0 Å². The molecule has 3 rings (SSSR count). The molecule has 24 heavy (non-hydrogen) atoms. The first kappa shape index (κ1) is 15.9. The van der Waals surface area contributed by atoms with Gasteiger partial charge in [0.1, 0.15) is 11.6 Å². The van der Waals surface area contributed by atoms with Gasteiger partial charge in [-0.1, -0.05) is 17.3 Å². The van der Waals surface area contributed by atoms with E-state index in [1.54, 1.807) is 18.2 Å². The molecule has 0 amide bonds. The highest BCUT2D eigenvalue weighted by Gasteiger charge is 2.13. The zero-order valence-corrected chi connectivity index (χ0v) is 13.7. The van der Waals surface area contributed by atoms with E-state index < -0.39 is 5.82 Å². The van der Waals surface area contributed by atoms with Crippen LogP contribution in [0.25, 0.3) is 11.9 Å². The van der Waals surface area contributed by atoms with Gasteiger partial charge >= 0.3 is 0 Å². The number of ketones is 1. The van der Waals surface area contributed by atoms with Crippen LogP contribution in [-0.2, 0) is 0 Å². The second kappa shape index (κ2) is 6.28. The molecule has 122 valence electrons. The largest absolute Gasteiger partial charge is 0.360 e. The quantitative estimate of drug-likeness (QED) is 0.527. The summed E-state index contributed by atoms with van der Waals surface area (Å²) in [4.78, 5) is 12.2. The number of nitrogens with zero attached hydrogens (tertiary/aromatic N) is 2. The van der Waals surface area contributed by atoms with Gasteiger partial charge in [0.25, 0.3) is 0 Å². The number of benzene rings is 1. The van der Waals surface area contributed by atoms with Crippen LogP contribution in [0.1, 0.15) is 33.1 Å². The van der Waals surface area contributed by atoms with Crippen molar-refractivity contribution in [2.45, 2.75) is 20.8 Å². The minimum atomic E-state index is -0.518. The molecule has 0 saturated carbocycles. The van der Waals surface area contributed by atoms with Gasteiger partial charge < -0.3 is 4.52 Å². The van der Waals surface area contributed by atoms with Crippen molar-refractivity contribution in [3.8, 4) is 5.82 Å². The minimum absolute atomic E-state index is 0.0645. The van der Waals surface area contributed by atoms with Gasteiger partial charge in [-0.15, -0.1) is 0 Å². The van der Waals surface area contributed by atoms with Crippen LogP contribution in [0.4, 0.5) is 4.39 Å². The molecule has 0 aliphatic heterocycles. The molecule has 0 spiro atoms. The molecule has 0 saturated heterocycles. The molecule has 0 atom stereocenters. The molecule has 4 nitrogen and oxygen atoms in total. The molecular weight excluding hydrogens is 307 g/mol. The Morgan fingerprint density at radius 3 is 2.62 bits per heavy atom. The number of hydrogen-bond donors (Lipinski definition) is 0. The van der Waals surface area contributed by atoms with Crippen LogP contribution in [0, 0.1) is 26.6 Å². The average molecular weight is 324 g/mol. The van der Waals surface area contributed by atoms with E-state index in [0.29, 0.717) is 5.82 Å². The molecule has 0 aliphatic carbocycles. The first-order chi connectivity index (χ1) is 11.5. The van der Waals surface area contributed by atoms with Gasteiger partial charge in [0, 0.05) is 17.5 Å². The molecule has 0 aliphatic rings. The maximum Gasteiger partial charge on any atom is 0.188 e. The van der Waals surface area contributed by atoms with Crippen molar-refractivity contribution < 1.29 is 13.7 Å². The first-order valence-corrected chi connectivity index (χ1v) is 7.57. The van der Waals surface area contributed by atoms with E-state index >= 15 is 0 Å². The number of carbonyl (C=O) groups is 1. The van der Waals surface area contributed by atoms with Crippen LogP contribution < -0.4 is 0 Å². The second-order valence-electron chi connectivity index (χ2n) is 5.64. The smallest absolute Gasteiger partial charge is 0.188 e.